The van der Waals surface area contributed by atoms with Gasteiger partial charge in [0, 0.05) is 38.5 Å². The first kappa shape index (κ1) is 14.3. The monoisotopic (exact) mass is 257 g/mol. The van der Waals surface area contributed by atoms with Crippen molar-refractivity contribution in [1.29, 1.82) is 0 Å². The summed E-state index contributed by atoms with van der Waals surface area (Å²) in [5.74, 6) is 0. The molecule has 2 N–H and O–H groups in total. The third-order valence-corrected chi connectivity index (χ3v) is 4.21. The molecule has 4 heteroatoms. The van der Waals surface area contributed by atoms with E-state index in [0.29, 0.717) is 18.7 Å². The first-order valence-corrected chi connectivity index (χ1v) is 7.33. The van der Waals surface area contributed by atoms with E-state index in [1.807, 2.05) is 0 Å². The van der Waals surface area contributed by atoms with Crippen LogP contribution in [-0.2, 0) is 9.47 Å². The first-order valence-electron chi connectivity index (χ1n) is 7.33. The molecule has 2 heterocycles. The zero-order valence-corrected chi connectivity index (χ0v) is 11.5. The van der Waals surface area contributed by atoms with Crippen molar-refractivity contribution < 1.29 is 14.6 Å². The normalized spacial score (nSPS) is 29.3. The Hall–Kier alpha value is -0.160. The second kappa shape index (κ2) is 6.85. The van der Waals surface area contributed by atoms with Crippen LogP contribution in [0.25, 0.3) is 0 Å². The van der Waals surface area contributed by atoms with Crippen LogP contribution in [0.4, 0.5) is 0 Å². The van der Waals surface area contributed by atoms with Crippen LogP contribution in [0.5, 0.6) is 0 Å². The third-order valence-electron chi connectivity index (χ3n) is 4.21. The highest BCUT2D eigenvalue weighted by Gasteiger charge is 2.39. The molecule has 2 fully saturated rings. The molecule has 4 nitrogen and oxygen atoms in total. The molecule has 0 bridgehead atoms. The van der Waals surface area contributed by atoms with Gasteiger partial charge < -0.3 is 19.9 Å². The molecule has 0 amide bonds. The number of rotatable bonds is 5. The van der Waals surface area contributed by atoms with Gasteiger partial charge in [-0.25, -0.2) is 0 Å². The summed E-state index contributed by atoms with van der Waals surface area (Å²) in [6, 6.07) is 1.04. The quantitative estimate of drug-likeness (QED) is 0.783. The lowest BCUT2D eigenvalue weighted by molar-refractivity contribution is -0.140. The number of aliphatic hydroxyl groups excluding tert-OH is 1. The Morgan fingerprint density at radius 2 is 2.11 bits per heavy atom. The molecular weight excluding hydrogens is 230 g/mol. The topological polar surface area (TPSA) is 50.7 Å². The Morgan fingerprint density at radius 3 is 2.83 bits per heavy atom. The lowest BCUT2D eigenvalue weighted by Gasteiger charge is -2.44. The molecule has 0 aromatic rings. The Morgan fingerprint density at radius 1 is 1.33 bits per heavy atom. The van der Waals surface area contributed by atoms with Gasteiger partial charge in [0.05, 0.1) is 5.60 Å². The van der Waals surface area contributed by atoms with Crippen LogP contribution in [0.3, 0.4) is 0 Å². The molecule has 0 aromatic heterocycles. The second-order valence-corrected chi connectivity index (χ2v) is 5.77. The summed E-state index contributed by atoms with van der Waals surface area (Å²) in [7, 11) is 0. The van der Waals surface area contributed by atoms with Crippen molar-refractivity contribution in [2.45, 2.75) is 63.1 Å². The van der Waals surface area contributed by atoms with Crippen molar-refractivity contribution in [2.24, 2.45) is 0 Å². The minimum absolute atomic E-state index is 0.0743. The van der Waals surface area contributed by atoms with Crippen LogP contribution in [0, 0.1) is 0 Å². The Bertz CT molecular complexity index is 236. The predicted molar refractivity (Wildman–Crippen MR) is 70.7 cm³/mol. The van der Waals surface area contributed by atoms with E-state index in [0.717, 1.165) is 58.3 Å². The molecule has 0 aromatic carbocycles. The van der Waals surface area contributed by atoms with Crippen LogP contribution < -0.4 is 5.32 Å². The highest BCUT2D eigenvalue weighted by molar-refractivity contribution is 4.92. The van der Waals surface area contributed by atoms with Crippen LogP contribution in [0.15, 0.2) is 0 Å². The smallest absolute Gasteiger partial charge is 0.0741 e. The summed E-state index contributed by atoms with van der Waals surface area (Å²) in [4.78, 5) is 0. The first-order chi connectivity index (χ1) is 8.74. The van der Waals surface area contributed by atoms with E-state index in [1.54, 1.807) is 0 Å². The fraction of sp³-hybridized carbons (Fsp3) is 1.00. The molecule has 1 spiro atoms. The molecule has 2 rings (SSSR count). The van der Waals surface area contributed by atoms with Crippen molar-refractivity contribution >= 4 is 0 Å². The molecule has 106 valence electrons. The van der Waals surface area contributed by atoms with E-state index < -0.39 is 0 Å². The van der Waals surface area contributed by atoms with Crippen LogP contribution in [0.2, 0.25) is 0 Å². The van der Waals surface area contributed by atoms with Crippen LogP contribution in [0.1, 0.15) is 45.4 Å². The molecule has 2 atom stereocenters. The third kappa shape index (κ3) is 3.92. The average molecular weight is 257 g/mol. The van der Waals surface area contributed by atoms with E-state index in [-0.39, 0.29) is 5.60 Å². The minimum atomic E-state index is 0.0743. The van der Waals surface area contributed by atoms with Crippen molar-refractivity contribution in [2.75, 3.05) is 26.4 Å². The van der Waals surface area contributed by atoms with Crippen molar-refractivity contribution in [3.8, 4) is 0 Å². The van der Waals surface area contributed by atoms with Gasteiger partial charge in [-0.05, 0) is 45.4 Å². The lowest BCUT2D eigenvalue weighted by atomic mass is 9.84. The van der Waals surface area contributed by atoms with Crippen LogP contribution >= 0.6 is 0 Å². The van der Waals surface area contributed by atoms with Gasteiger partial charge in [-0.2, -0.15) is 0 Å². The predicted octanol–water partition coefficient (Wildman–Crippen LogP) is 1.47. The van der Waals surface area contributed by atoms with Crippen molar-refractivity contribution in [3.63, 3.8) is 0 Å². The molecule has 0 aliphatic carbocycles. The van der Waals surface area contributed by atoms with E-state index in [9.17, 15) is 0 Å². The lowest BCUT2D eigenvalue weighted by Crippen LogP contribution is -2.51. The van der Waals surface area contributed by atoms with E-state index in [1.165, 1.54) is 0 Å². The number of ether oxygens (including phenoxy) is 2. The minimum Gasteiger partial charge on any atom is -0.396 e. The maximum absolute atomic E-state index is 8.86. The molecule has 2 aliphatic heterocycles. The highest BCUT2D eigenvalue weighted by Crippen LogP contribution is 2.34. The fourth-order valence-electron chi connectivity index (χ4n) is 3.15. The number of hydrogen-bond acceptors (Lipinski definition) is 4. The molecule has 2 aliphatic rings. The highest BCUT2D eigenvalue weighted by atomic mass is 16.5. The molecule has 2 saturated heterocycles. The Kier molecular flexibility index (Phi) is 5.42. The zero-order chi connectivity index (χ0) is 12.8. The molecule has 0 saturated carbocycles. The summed E-state index contributed by atoms with van der Waals surface area (Å²) in [6.45, 7) is 5.05. The molecule has 18 heavy (non-hydrogen) atoms. The van der Waals surface area contributed by atoms with E-state index in [4.69, 9.17) is 14.6 Å². The van der Waals surface area contributed by atoms with E-state index >= 15 is 0 Å². The summed E-state index contributed by atoms with van der Waals surface area (Å²) in [5.41, 5.74) is 0.0743. The number of hydrogen-bond donors (Lipinski definition) is 2. The van der Waals surface area contributed by atoms with Gasteiger partial charge >= 0.3 is 0 Å². The molecule has 0 radical (unpaired) electrons. The largest absolute Gasteiger partial charge is 0.396 e. The van der Waals surface area contributed by atoms with Gasteiger partial charge in [0.25, 0.3) is 0 Å². The maximum Gasteiger partial charge on any atom is 0.0741 e. The van der Waals surface area contributed by atoms with Gasteiger partial charge in [-0.15, -0.1) is 0 Å². The summed E-state index contributed by atoms with van der Waals surface area (Å²) < 4.78 is 11.5. The van der Waals surface area contributed by atoms with Crippen LogP contribution in [-0.4, -0.2) is 49.2 Å². The maximum atomic E-state index is 8.86. The Labute approximate surface area is 110 Å². The number of nitrogens with one attached hydrogen (secondary N) is 1. The van der Waals surface area contributed by atoms with Gasteiger partial charge in [0.2, 0.25) is 0 Å². The van der Waals surface area contributed by atoms with Gasteiger partial charge in [-0.1, -0.05) is 0 Å². The second-order valence-electron chi connectivity index (χ2n) is 5.77. The average Bonchev–Trinajstić information content (AvgIpc) is 2.37. The SMILES string of the molecule is CC(CCCO)NC1CCOC2(CCOCC2)C1. The van der Waals surface area contributed by atoms with Crippen molar-refractivity contribution in [3.05, 3.63) is 0 Å². The molecular formula is C14H27NO3. The van der Waals surface area contributed by atoms with Gasteiger partial charge in [0.1, 0.15) is 0 Å². The summed E-state index contributed by atoms with van der Waals surface area (Å²) >= 11 is 0. The Balaban J connectivity index is 1.79. The van der Waals surface area contributed by atoms with Gasteiger partial charge in [0.15, 0.2) is 0 Å². The standard InChI is InChI=1S/C14H27NO3/c1-12(3-2-7-16)15-13-4-8-18-14(11-13)5-9-17-10-6-14/h12-13,15-16H,2-11H2,1H3. The van der Waals surface area contributed by atoms with E-state index in [2.05, 4.69) is 12.2 Å². The summed E-state index contributed by atoms with van der Waals surface area (Å²) in [6.07, 6.45) is 6.22. The number of aliphatic hydroxyl groups is 1. The van der Waals surface area contributed by atoms with Gasteiger partial charge in [-0.3, -0.25) is 0 Å². The molecule has 2 unspecified atom stereocenters. The zero-order valence-electron chi connectivity index (χ0n) is 11.5. The van der Waals surface area contributed by atoms with Crippen molar-refractivity contribution in [1.82, 2.24) is 5.32 Å². The summed E-state index contributed by atoms with van der Waals surface area (Å²) in [5, 5.41) is 12.6. The fourth-order valence-corrected chi connectivity index (χ4v) is 3.15.